The van der Waals surface area contributed by atoms with Crippen LogP contribution in [0, 0.1) is 0 Å². The van der Waals surface area contributed by atoms with Gasteiger partial charge in [-0.15, -0.1) is 11.3 Å². The van der Waals surface area contributed by atoms with E-state index in [2.05, 4.69) is 4.98 Å². The number of aliphatic hydroxyl groups excluding tert-OH is 1. The maximum absolute atomic E-state index is 12.6. The van der Waals surface area contributed by atoms with Gasteiger partial charge in [-0.2, -0.15) is 13.2 Å². The van der Waals surface area contributed by atoms with Crippen LogP contribution in [-0.4, -0.2) is 10.1 Å². The lowest BCUT2D eigenvalue weighted by Crippen LogP contribution is -2.04. The van der Waals surface area contributed by atoms with Crippen LogP contribution >= 0.6 is 11.3 Å². The lowest BCUT2D eigenvalue weighted by Gasteiger charge is -2.07. The van der Waals surface area contributed by atoms with Gasteiger partial charge < -0.3 is 5.11 Å². The minimum atomic E-state index is -4.36. The van der Waals surface area contributed by atoms with Crippen molar-refractivity contribution in [2.45, 2.75) is 26.1 Å². The quantitative estimate of drug-likeness (QED) is 0.929. The molecule has 0 spiro atoms. The molecule has 19 heavy (non-hydrogen) atoms. The number of thiazole rings is 1. The molecule has 0 radical (unpaired) electrons. The number of aryl methyl sites for hydroxylation is 1. The summed E-state index contributed by atoms with van der Waals surface area (Å²) in [7, 11) is 0. The van der Waals surface area contributed by atoms with Gasteiger partial charge in [0, 0.05) is 10.4 Å². The molecule has 0 amide bonds. The number of alkyl halides is 3. The van der Waals surface area contributed by atoms with Crippen LogP contribution in [0.3, 0.4) is 0 Å². The molecule has 0 aliphatic heterocycles. The fourth-order valence-electron chi connectivity index (χ4n) is 1.74. The van der Waals surface area contributed by atoms with Crippen molar-refractivity contribution < 1.29 is 18.3 Å². The third-order valence-corrected chi connectivity index (χ3v) is 3.98. The first-order valence-electron chi connectivity index (χ1n) is 5.72. The summed E-state index contributed by atoms with van der Waals surface area (Å²) in [6, 6.07) is 5.07. The predicted octanol–water partition coefficient (Wildman–Crippen LogP) is 3.88. The molecule has 2 aromatic rings. The molecule has 0 bridgehead atoms. The molecule has 0 atom stereocenters. The second-order valence-electron chi connectivity index (χ2n) is 3.98. The van der Waals surface area contributed by atoms with Crippen molar-refractivity contribution in [2.24, 2.45) is 0 Å². The zero-order valence-electron chi connectivity index (χ0n) is 10.2. The summed E-state index contributed by atoms with van der Waals surface area (Å²) in [6.07, 6.45) is -3.66. The number of nitrogens with zero attached hydrogens (tertiary/aromatic N) is 1. The molecule has 6 heteroatoms. The van der Waals surface area contributed by atoms with E-state index >= 15 is 0 Å². The number of benzene rings is 1. The molecule has 2 rings (SSSR count). The number of rotatable bonds is 3. The smallest absolute Gasteiger partial charge is 0.390 e. The average Bonchev–Trinajstić information content (AvgIpc) is 2.81. The second kappa shape index (κ2) is 5.30. The second-order valence-corrected chi connectivity index (χ2v) is 5.06. The molecule has 1 aromatic carbocycles. The molecule has 0 unspecified atom stereocenters. The Kier molecular flexibility index (Phi) is 3.91. The maximum Gasteiger partial charge on any atom is 0.416 e. The molecule has 0 fully saturated rings. The highest BCUT2D eigenvalue weighted by molar-refractivity contribution is 7.15. The van der Waals surface area contributed by atoms with Crippen LogP contribution in [0.15, 0.2) is 24.3 Å². The highest BCUT2D eigenvalue weighted by Crippen LogP contribution is 2.34. The first-order valence-corrected chi connectivity index (χ1v) is 6.54. The van der Waals surface area contributed by atoms with Gasteiger partial charge in [0.25, 0.3) is 0 Å². The Morgan fingerprint density at radius 2 is 2.05 bits per heavy atom. The summed E-state index contributed by atoms with van der Waals surface area (Å²) in [5.74, 6) is 0. The lowest BCUT2D eigenvalue weighted by molar-refractivity contribution is -0.137. The summed E-state index contributed by atoms with van der Waals surface area (Å²) in [6.45, 7) is 1.72. The number of aliphatic hydroxyl groups is 1. The maximum atomic E-state index is 12.6. The van der Waals surface area contributed by atoms with Gasteiger partial charge in [-0.25, -0.2) is 4.98 Å². The monoisotopic (exact) mass is 287 g/mol. The Morgan fingerprint density at radius 3 is 2.58 bits per heavy atom. The van der Waals surface area contributed by atoms with E-state index in [4.69, 9.17) is 5.11 Å². The summed E-state index contributed by atoms with van der Waals surface area (Å²) in [5.41, 5.74) is 0.276. The summed E-state index contributed by atoms with van der Waals surface area (Å²) in [5, 5.41) is 9.66. The van der Waals surface area contributed by atoms with Crippen molar-refractivity contribution in [3.8, 4) is 10.6 Å². The lowest BCUT2D eigenvalue weighted by atomic mass is 10.1. The predicted molar refractivity (Wildman–Crippen MR) is 67.9 cm³/mol. The van der Waals surface area contributed by atoms with E-state index in [-0.39, 0.29) is 6.61 Å². The van der Waals surface area contributed by atoms with E-state index in [1.54, 1.807) is 6.07 Å². The van der Waals surface area contributed by atoms with E-state index in [1.807, 2.05) is 6.92 Å². The first-order chi connectivity index (χ1) is 8.95. The van der Waals surface area contributed by atoms with Crippen LogP contribution in [0.4, 0.5) is 13.2 Å². The number of halogens is 3. The van der Waals surface area contributed by atoms with Gasteiger partial charge in [0.2, 0.25) is 0 Å². The van der Waals surface area contributed by atoms with Crippen molar-refractivity contribution in [1.29, 1.82) is 0 Å². The summed E-state index contributed by atoms with van der Waals surface area (Å²) in [4.78, 5) is 5.09. The first kappa shape index (κ1) is 14.0. The van der Waals surface area contributed by atoms with E-state index in [0.29, 0.717) is 22.7 Å². The highest BCUT2D eigenvalue weighted by atomic mass is 32.1. The number of hydrogen-bond donors (Lipinski definition) is 1. The summed E-state index contributed by atoms with van der Waals surface area (Å²) < 4.78 is 37.9. The van der Waals surface area contributed by atoms with Gasteiger partial charge in [-0.05, 0) is 18.6 Å². The zero-order chi connectivity index (χ0) is 14.0. The van der Waals surface area contributed by atoms with Crippen molar-refractivity contribution in [2.75, 3.05) is 0 Å². The standard InChI is InChI=1S/C13H12F3NOS/c1-2-11-10(7-18)17-12(19-11)8-4-3-5-9(6-8)13(14,15)16/h3-6,18H,2,7H2,1H3. The van der Waals surface area contributed by atoms with Gasteiger partial charge in [0.05, 0.1) is 17.9 Å². The number of aromatic nitrogens is 1. The highest BCUT2D eigenvalue weighted by Gasteiger charge is 2.30. The normalized spacial score (nSPS) is 11.8. The van der Waals surface area contributed by atoms with Gasteiger partial charge in [-0.1, -0.05) is 19.1 Å². The zero-order valence-corrected chi connectivity index (χ0v) is 11.0. The molecule has 0 aliphatic rings. The Morgan fingerprint density at radius 1 is 1.32 bits per heavy atom. The minimum absolute atomic E-state index is 0.196. The molecule has 102 valence electrons. The summed E-state index contributed by atoms with van der Waals surface area (Å²) >= 11 is 1.32. The number of hydrogen-bond acceptors (Lipinski definition) is 3. The largest absolute Gasteiger partial charge is 0.416 e. The van der Waals surface area contributed by atoms with Gasteiger partial charge >= 0.3 is 6.18 Å². The van der Waals surface area contributed by atoms with Gasteiger partial charge in [0.15, 0.2) is 0 Å². The van der Waals surface area contributed by atoms with Crippen molar-refractivity contribution in [3.05, 3.63) is 40.4 Å². The topological polar surface area (TPSA) is 33.1 Å². The van der Waals surface area contributed by atoms with Gasteiger partial charge in [0.1, 0.15) is 5.01 Å². The van der Waals surface area contributed by atoms with E-state index in [9.17, 15) is 13.2 Å². The van der Waals surface area contributed by atoms with Crippen LogP contribution in [0.5, 0.6) is 0 Å². The third kappa shape index (κ3) is 2.96. The molecular weight excluding hydrogens is 275 g/mol. The molecule has 0 aliphatic carbocycles. The fourth-order valence-corrected chi connectivity index (χ4v) is 2.74. The Labute approximate surface area is 112 Å². The molecule has 0 saturated heterocycles. The van der Waals surface area contributed by atoms with E-state index in [1.165, 1.54) is 17.4 Å². The Balaban J connectivity index is 2.44. The van der Waals surface area contributed by atoms with Crippen LogP contribution in [-0.2, 0) is 19.2 Å². The molecule has 0 saturated carbocycles. The fraction of sp³-hybridized carbons (Fsp3) is 0.308. The molecule has 1 heterocycles. The molecule has 1 aromatic heterocycles. The Bertz CT molecular complexity index is 556. The molecule has 1 N–H and O–H groups in total. The van der Waals surface area contributed by atoms with E-state index in [0.717, 1.165) is 17.0 Å². The molecule has 2 nitrogen and oxygen atoms in total. The van der Waals surface area contributed by atoms with Crippen molar-refractivity contribution in [1.82, 2.24) is 4.98 Å². The molecular formula is C13H12F3NOS. The van der Waals surface area contributed by atoms with Crippen LogP contribution in [0.2, 0.25) is 0 Å². The third-order valence-electron chi connectivity index (χ3n) is 2.69. The average molecular weight is 287 g/mol. The van der Waals surface area contributed by atoms with Crippen LogP contribution in [0.1, 0.15) is 23.1 Å². The minimum Gasteiger partial charge on any atom is -0.390 e. The van der Waals surface area contributed by atoms with Crippen molar-refractivity contribution in [3.63, 3.8) is 0 Å². The van der Waals surface area contributed by atoms with Crippen molar-refractivity contribution >= 4 is 11.3 Å². The van der Waals surface area contributed by atoms with Gasteiger partial charge in [-0.3, -0.25) is 0 Å². The van der Waals surface area contributed by atoms with E-state index < -0.39 is 11.7 Å². The van der Waals surface area contributed by atoms with Crippen LogP contribution < -0.4 is 0 Å². The SMILES string of the molecule is CCc1sc(-c2cccc(C(F)(F)F)c2)nc1CO. The van der Waals surface area contributed by atoms with Crippen LogP contribution in [0.25, 0.3) is 10.6 Å². The Hall–Kier alpha value is -1.40.